The standard InChI is InChI=1S/C9H8N2O2S/c10-9-11-5-3-6-7(4-8(5)14-9)13-2-1-12-6/h3-4H,1-2H2,(H2,10,11). The molecule has 14 heavy (non-hydrogen) atoms. The van der Waals surface area contributed by atoms with Gasteiger partial charge in [0.15, 0.2) is 16.6 Å². The van der Waals surface area contributed by atoms with Gasteiger partial charge in [-0.2, -0.15) is 0 Å². The molecule has 1 aromatic carbocycles. The first kappa shape index (κ1) is 7.87. The van der Waals surface area contributed by atoms with Crippen LogP contribution in [-0.4, -0.2) is 18.2 Å². The maximum absolute atomic E-state index is 5.62. The summed E-state index contributed by atoms with van der Waals surface area (Å²) in [7, 11) is 0. The summed E-state index contributed by atoms with van der Waals surface area (Å²) in [5, 5.41) is 0.572. The van der Waals surface area contributed by atoms with Crippen molar-refractivity contribution in [2.24, 2.45) is 0 Å². The Kier molecular flexibility index (Phi) is 1.55. The minimum atomic E-state index is 0.572. The van der Waals surface area contributed by atoms with Crippen molar-refractivity contribution in [3.05, 3.63) is 12.1 Å². The number of aromatic nitrogens is 1. The summed E-state index contributed by atoms with van der Waals surface area (Å²) < 4.78 is 11.9. The fraction of sp³-hybridized carbons (Fsp3) is 0.222. The fourth-order valence-corrected chi connectivity index (χ4v) is 2.23. The van der Waals surface area contributed by atoms with Gasteiger partial charge >= 0.3 is 0 Å². The van der Waals surface area contributed by atoms with Gasteiger partial charge < -0.3 is 15.2 Å². The smallest absolute Gasteiger partial charge is 0.181 e. The second kappa shape index (κ2) is 2.75. The molecule has 0 bridgehead atoms. The highest BCUT2D eigenvalue weighted by Gasteiger charge is 2.14. The molecule has 0 amide bonds. The summed E-state index contributed by atoms with van der Waals surface area (Å²) in [6.45, 7) is 1.20. The molecule has 1 aromatic heterocycles. The van der Waals surface area contributed by atoms with E-state index in [9.17, 15) is 0 Å². The molecule has 0 unspecified atom stereocenters. The van der Waals surface area contributed by atoms with Crippen LogP contribution >= 0.6 is 11.3 Å². The first-order chi connectivity index (χ1) is 6.83. The number of hydrogen-bond acceptors (Lipinski definition) is 5. The second-order valence-electron chi connectivity index (χ2n) is 3.02. The number of anilines is 1. The van der Waals surface area contributed by atoms with Gasteiger partial charge in [0.1, 0.15) is 13.2 Å². The minimum Gasteiger partial charge on any atom is -0.486 e. The number of ether oxygens (including phenoxy) is 2. The number of benzene rings is 1. The predicted molar refractivity (Wildman–Crippen MR) is 55.0 cm³/mol. The molecule has 0 aliphatic carbocycles. The summed E-state index contributed by atoms with van der Waals surface area (Å²) in [5.41, 5.74) is 6.49. The zero-order valence-corrected chi connectivity index (χ0v) is 8.13. The van der Waals surface area contributed by atoms with E-state index >= 15 is 0 Å². The molecule has 0 radical (unpaired) electrons. The molecular formula is C9H8N2O2S. The fourth-order valence-electron chi connectivity index (χ4n) is 1.48. The Bertz CT molecular complexity index is 452. The zero-order valence-electron chi connectivity index (χ0n) is 7.32. The first-order valence-electron chi connectivity index (χ1n) is 4.28. The van der Waals surface area contributed by atoms with Crippen molar-refractivity contribution in [1.82, 2.24) is 4.98 Å². The highest BCUT2D eigenvalue weighted by atomic mass is 32.1. The Morgan fingerprint density at radius 3 is 2.71 bits per heavy atom. The molecule has 0 fully saturated rings. The third-order valence-corrected chi connectivity index (χ3v) is 2.92. The highest BCUT2D eigenvalue weighted by Crippen LogP contribution is 2.36. The molecule has 3 rings (SSSR count). The van der Waals surface area contributed by atoms with Gasteiger partial charge in [-0.3, -0.25) is 0 Å². The molecule has 72 valence electrons. The van der Waals surface area contributed by atoms with Crippen molar-refractivity contribution in [1.29, 1.82) is 0 Å². The van der Waals surface area contributed by atoms with Crippen LogP contribution in [0.25, 0.3) is 10.2 Å². The van der Waals surface area contributed by atoms with Gasteiger partial charge in [0.25, 0.3) is 0 Å². The van der Waals surface area contributed by atoms with Gasteiger partial charge in [0.2, 0.25) is 0 Å². The lowest BCUT2D eigenvalue weighted by atomic mass is 10.3. The number of nitrogens with zero attached hydrogens (tertiary/aromatic N) is 1. The maximum Gasteiger partial charge on any atom is 0.181 e. The minimum absolute atomic E-state index is 0.572. The SMILES string of the molecule is Nc1nc2cc3c(cc2s1)OCCO3. The van der Waals surface area contributed by atoms with E-state index in [1.54, 1.807) is 0 Å². The van der Waals surface area contributed by atoms with Crippen molar-refractivity contribution in [3.63, 3.8) is 0 Å². The summed E-state index contributed by atoms with van der Waals surface area (Å²) in [6, 6.07) is 3.80. The van der Waals surface area contributed by atoms with Crippen molar-refractivity contribution >= 4 is 26.7 Å². The molecular weight excluding hydrogens is 200 g/mol. The van der Waals surface area contributed by atoms with Crippen LogP contribution in [0.2, 0.25) is 0 Å². The molecule has 2 aromatic rings. The lowest BCUT2D eigenvalue weighted by Gasteiger charge is -2.17. The molecule has 0 spiro atoms. The van der Waals surface area contributed by atoms with Gasteiger partial charge in [-0.05, 0) is 0 Å². The van der Waals surface area contributed by atoms with Gasteiger partial charge in [0.05, 0.1) is 10.2 Å². The van der Waals surface area contributed by atoms with E-state index in [0.29, 0.717) is 18.3 Å². The number of hydrogen-bond donors (Lipinski definition) is 1. The van der Waals surface area contributed by atoms with Crippen LogP contribution in [-0.2, 0) is 0 Å². The monoisotopic (exact) mass is 208 g/mol. The van der Waals surface area contributed by atoms with Crippen LogP contribution in [0.3, 0.4) is 0 Å². The largest absolute Gasteiger partial charge is 0.486 e. The maximum atomic E-state index is 5.62. The van der Waals surface area contributed by atoms with Crippen LogP contribution in [0.5, 0.6) is 11.5 Å². The van der Waals surface area contributed by atoms with Crippen LogP contribution in [0.15, 0.2) is 12.1 Å². The van der Waals surface area contributed by atoms with E-state index in [-0.39, 0.29) is 0 Å². The van der Waals surface area contributed by atoms with Gasteiger partial charge in [-0.15, -0.1) is 0 Å². The topological polar surface area (TPSA) is 57.4 Å². The summed E-state index contributed by atoms with van der Waals surface area (Å²) in [5.74, 6) is 1.54. The Labute approximate surface area is 84.3 Å². The average molecular weight is 208 g/mol. The lowest BCUT2D eigenvalue weighted by molar-refractivity contribution is 0.172. The highest BCUT2D eigenvalue weighted by molar-refractivity contribution is 7.22. The average Bonchev–Trinajstić information content (AvgIpc) is 2.53. The Balaban J connectivity index is 2.26. The molecule has 2 heterocycles. The molecule has 4 nitrogen and oxygen atoms in total. The molecule has 0 atom stereocenters. The van der Waals surface area contributed by atoms with Crippen molar-refractivity contribution in [2.45, 2.75) is 0 Å². The first-order valence-corrected chi connectivity index (χ1v) is 5.10. The van der Waals surface area contributed by atoms with E-state index < -0.39 is 0 Å². The van der Waals surface area contributed by atoms with E-state index in [4.69, 9.17) is 15.2 Å². The van der Waals surface area contributed by atoms with Crippen LogP contribution < -0.4 is 15.2 Å². The quantitative estimate of drug-likeness (QED) is 0.715. The number of thiazole rings is 1. The molecule has 2 N–H and O–H groups in total. The Morgan fingerprint density at radius 2 is 1.93 bits per heavy atom. The number of rotatable bonds is 0. The molecule has 5 heteroatoms. The third kappa shape index (κ3) is 1.09. The Hall–Kier alpha value is -1.49. The van der Waals surface area contributed by atoms with Crippen LogP contribution in [0.4, 0.5) is 5.13 Å². The molecule has 1 aliphatic heterocycles. The molecule has 1 aliphatic rings. The number of nitrogen functional groups attached to an aromatic ring is 1. The summed E-state index contributed by atoms with van der Waals surface area (Å²) in [4.78, 5) is 4.18. The van der Waals surface area contributed by atoms with Crippen molar-refractivity contribution < 1.29 is 9.47 Å². The zero-order chi connectivity index (χ0) is 9.54. The predicted octanol–water partition coefficient (Wildman–Crippen LogP) is 1.65. The van der Waals surface area contributed by atoms with E-state index in [0.717, 1.165) is 21.7 Å². The second-order valence-corrected chi connectivity index (χ2v) is 4.08. The normalized spacial score (nSPS) is 14.6. The van der Waals surface area contributed by atoms with Gasteiger partial charge in [-0.25, -0.2) is 4.98 Å². The van der Waals surface area contributed by atoms with E-state index in [2.05, 4.69) is 4.98 Å². The number of nitrogens with two attached hydrogens (primary N) is 1. The van der Waals surface area contributed by atoms with E-state index in [1.807, 2.05) is 12.1 Å². The Morgan fingerprint density at radius 1 is 1.21 bits per heavy atom. The van der Waals surface area contributed by atoms with Gasteiger partial charge in [-0.1, -0.05) is 11.3 Å². The summed E-state index contributed by atoms with van der Waals surface area (Å²) >= 11 is 1.46. The lowest BCUT2D eigenvalue weighted by Crippen LogP contribution is -2.15. The van der Waals surface area contributed by atoms with Crippen LogP contribution in [0.1, 0.15) is 0 Å². The van der Waals surface area contributed by atoms with Crippen LogP contribution in [0, 0.1) is 0 Å². The van der Waals surface area contributed by atoms with Crippen molar-refractivity contribution in [2.75, 3.05) is 18.9 Å². The van der Waals surface area contributed by atoms with Crippen molar-refractivity contribution in [3.8, 4) is 11.5 Å². The summed E-state index contributed by atoms with van der Waals surface area (Å²) in [6.07, 6.45) is 0. The molecule has 0 saturated carbocycles. The molecule has 0 saturated heterocycles. The van der Waals surface area contributed by atoms with Gasteiger partial charge in [0, 0.05) is 12.1 Å². The number of fused-ring (bicyclic) bond motifs is 2. The third-order valence-electron chi connectivity index (χ3n) is 2.07. The van der Waals surface area contributed by atoms with E-state index in [1.165, 1.54) is 11.3 Å².